The van der Waals surface area contributed by atoms with Gasteiger partial charge in [0.15, 0.2) is 0 Å². The number of fused-ring (bicyclic) bond motifs is 1. The number of nitrogens with two attached hydrogens (primary N) is 1. The van der Waals surface area contributed by atoms with Gasteiger partial charge >= 0.3 is 0 Å². The topological polar surface area (TPSA) is 68.3 Å². The van der Waals surface area contributed by atoms with Gasteiger partial charge in [-0.25, -0.2) is 0 Å². The van der Waals surface area contributed by atoms with Gasteiger partial charge in [-0.1, -0.05) is 0 Å². The lowest BCUT2D eigenvalue weighted by Gasteiger charge is -2.19. The van der Waals surface area contributed by atoms with Crippen molar-refractivity contribution in [2.75, 3.05) is 13.1 Å². The number of aryl methyl sites for hydroxylation is 1. The highest BCUT2D eigenvalue weighted by Crippen LogP contribution is 2.38. The zero-order valence-corrected chi connectivity index (χ0v) is 14.3. The summed E-state index contributed by atoms with van der Waals surface area (Å²) >= 11 is 1.74. The highest BCUT2D eigenvalue weighted by Gasteiger charge is 2.34. The molecule has 3 heterocycles. The molecule has 2 aromatic heterocycles. The molecular weight excluding hydrogens is 322 g/mol. The summed E-state index contributed by atoms with van der Waals surface area (Å²) in [5.41, 5.74) is 7.49. The zero-order chi connectivity index (χ0) is 16.7. The number of carbonyl (C=O) groups is 2. The lowest BCUT2D eigenvalue weighted by Crippen LogP contribution is -2.32. The third-order valence-corrected chi connectivity index (χ3v) is 6.39. The normalized spacial score (nSPS) is 20.2. The first-order chi connectivity index (χ1) is 11.6. The number of rotatable bonds is 3. The first-order valence-corrected chi connectivity index (χ1v) is 9.33. The number of aromatic nitrogens is 1. The summed E-state index contributed by atoms with van der Waals surface area (Å²) in [6.45, 7) is 1.06. The summed E-state index contributed by atoms with van der Waals surface area (Å²) in [4.78, 5) is 27.8. The Labute approximate surface area is 145 Å². The van der Waals surface area contributed by atoms with E-state index in [0.29, 0.717) is 19.5 Å². The van der Waals surface area contributed by atoms with Crippen molar-refractivity contribution in [3.63, 3.8) is 0 Å². The Balaban J connectivity index is 1.72. The van der Waals surface area contributed by atoms with Gasteiger partial charge < -0.3 is 15.2 Å². The van der Waals surface area contributed by atoms with E-state index in [1.807, 2.05) is 29.1 Å². The average molecular weight is 343 g/mol. The van der Waals surface area contributed by atoms with Crippen LogP contribution in [-0.2, 0) is 17.6 Å². The van der Waals surface area contributed by atoms with Crippen LogP contribution in [0.15, 0.2) is 24.5 Å². The Morgan fingerprint density at radius 2 is 1.92 bits per heavy atom. The molecule has 1 fully saturated rings. The van der Waals surface area contributed by atoms with E-state index in [0.717, 1.165) is 29.8 Å². The second-order valence-electron chi connectivity index (χ2n) is 6.62. The van der Waals surface area contributed by atoms with Crippen molar-refractivity contribution in [3.8, 4) is 5.00 Å². The highest BCUT2D eigenvalue weighted by molar-refractivity contribution is 7.15. The van der Waals surface area contributed by atoms with E-state index in [-0.39, 0.29) is 17.7 Å². The molecule has 0 bridgehead atoms. The van der Waals surface area contributed by atoms with Gasteiger partial charge in [0, 0.05) is 30.4 Å². The molecule has 1 aliphatic heterocycles. The standard InChI is InChI=1S/C18H21N3O2S/c19-16(22)12-7-10-21(11-12)17(23)15-13-5-1-2-6-14(13)24-18(15)20-8-3-4-9-20/h3-4,8-9,12H,1-2,5-7,10-11H2,(H2,19,22)/t12-/m1/s1. The van der Waals surface area contributed by atoms with Gasteiger partial charge in [0.05, 0.1) is 11.5 Å². The van der Waals surface area contributed by atoms with Crippen molar-refractivity contribution in [2.45, 2.75) is 32.1 Å². The van der Waals surface area contributed by atoms with Gasteiger partial charge in [0.2, 0.25) is 5.91 Å². The van der Waals surface area contributed by atoms with E-state index in [1.54, 1.807) is 16.2 Å². The van der Waals surface area contributed by atoms with Crippen molar-refractivity contribution >= 4 is 23.2 Å². The van der Waals surface area contributed by atoms with Crippen LogP contribution in [0.25, 0.3) is 5.00 Å². The fourth-order valence-corrected chi connectivity index (χ4v) is 5.11. The molecule has 0 radical (unpaired) electrons. The van der Waals surface area contributed by atoms with E-state index < -0.39 is 0 Å². The van der Waals surface area contributed by atoms with Crippen LogP contribution in [0.2, 0.25) is 0 Å². The molecule has 1 aliphatic carbocycles. The molecule has 1 saturated heterocycles. The van der Waals surface area contributed by atoms with E-state index in [9.17, 15) is 9.59 Å². The van der Waals surface area contributed by atoms with Gasteiger partial charge in [-0.05, 0) is 49.8 Å². The fourth-order valence-electron chi connectivity index (χ4n) is 3.76. The minimum atomic E-state index is -0.303. The molecule has 5 nitrogen and oxygen atoms in total. The number of primary amides is 1. The van der Waals surface area contributed by atoms with Crippen molar-refractivity contribution < 1.29 is 9.59 Å². The minimum absolute atomic E-state index is 0.0573. The number of likely N-dealkylation sites (tertiary alicyclic amines) is 1. The van der Waals surface area contributed by atoms with Crippen LogP contribution >= 0.6 is 11.3 Å². The highest BCUT2D eigenvalue weighted by atomic mass is 32.1. The van der Waals surface area contributed by atoms with Gasteiger partial charge in [-0.3, -0.25) is 9.59 Å². The van der Waals surface area contributed by atoms with Crippen molar-refractivity contribution in [1.82, 2.24) is 9.47 Å². The number of amides is 2. The number of hydrogen-bond acceptors (Lipinski definition) is 3. The van der Waals surface area contributed by atoms with Crippen LogP contribution in [0, 0.1) is 5.92 Å². The molecule has 126 valence electrons. The molecule has 2 aromatic rings. The van der Waals surface area contributed by atoms with Gasteiger partial charge in [-0.15, -0.1) is 11.3 Å². The van der Waals surface area contributed by atoms with Crippen LogP contribution in [-0.4, -0.2) is 34.4 Å². The van der Waals surface area contributed by atoms with Crippen molar-refractivity contribution in [3.05, 3.63) is 40.5 Å². The average Bonchev–Trinajstić information content (AvgIpc) is 3.31. The molecule has 2 aliphatic rings. The molecule has 0 aromatic carbocycles. The van der Waals surface area contributed by atoms with Crippen molar-refractivity contribution in [2.24, 2.45) is 11.7 Å². The van der Waals surface area contributed by atoms with E-state index in [4.69, 9.17) is 5.73 Å². The third kappa shape index (κ3) is 2.55. The Morgan fingerprint density at radius 3 is 2.62 bits per heavy atom. The predicted octanol–water partition coefficient (Wildman–Crippen LogP) is 2.37. The summed E-state index contributed by atoms with van der Waals surface area (Å²) in [5, 5.41) is 1.01. The summed E-state index contributed by atoms with van der Waals surface area (Å²) < 4.78 is 2.04. The van der Waals surface area contributed by atoms with Gasteiger partial charge in [0.1, 0.15) is 5.00 Å². The lowest BCUT2D eigenvalue weighted by atomic mass is 9.95. The predicted molar refractivity (Wildman–Crippen MR) is 93.5 cm³/mol. The Bertz CT molecular complexity index is 779. The quantitative estimate of drug-likeness (QED) is 0.929. The molecule has 2 N–H and O–H groups in total. The Morgan fingerprint density at radius 1 is 1.17 bits per heavy atom. The largest absolute Gasteiger partial charge is 0.369 e. The maximum absolute atomic E-state index is 13.2. The zero-order valence-electron chi connectivity index (χ0n) is 13.5. The lowest BCUT2D eigenvalue weighted by molar-refractivity contribution is -0.121. The molecule has 0 spiro atoms. The molecule has 24 heavy (non-hydrogen) atoms. The van der Waals surface area contributed by atoms with Crippen LogP contribution in [0.1, 0.15) is 40.1 Å². The molecule has 0 unspecified atom stereocenters. The SMILES string of the molecule is NC(=O)[C@@H]1CCN(C(=O)c2c(-n3cccc3)sc3c2CCCC3)C1. The fraction of sp³-hybridized carbons (Fsp3) is 0.444. The van der Waals surface area contributed by atoms with E-state index in [1.165, 1.54) is 16.9 Å². The van der Waals surface area contributed by atoms with Crippen LogP contribution in [0.5, 0.6) is 0 Å². The summed E-state index contributed by atoms with van der Waals surface area (Å²) in [6, 6.07) is 3.96. The first kappa shape index (κ1) is 15.4. The maximum Gasteiger partial charge on any atom is 0.257 e. The van der Waals surface area contributed by atoms with Crippen LogP contribution < -0.4 is 5.73 Å². The molecular formula is C18H21N3O2S. The number of hydrogen-bond donors (Lipinski definition) is 1. The third-order valence-electron chi connectivity index (χ3n) is 5.08. The van der Waals surface area contributed by atoms with E-state index in [2.05, 4.69) is 0 Å². The molecule has 4 rings (SSSR count). The number of carbonyl (C=O) groups excluding carboxylic acids is 2. The monoisotopic (exact) mass is 343 g/mol. The van der Waals surface area contributed by atoms with Crippen LogP contribution in [0.4, 0.5) is 0 Å². The Hall–Kier alpha value is -2.08. The summed E-state index contributed by atoms with van der Waals surface area (Å²) in [7, 11) is 0. The molecule has 6 heteroatoms. The number of thiophene rings is 1. The second kappa shape index (κ2) is 6.09. The summed E-state index contributed by atoms with van der Waals surface area (Å²) in [5.74, 6) is -0.455. The minimum Gasteiger partial charge on any atom is -0.369 e. The molecule has 2 amide bonds. The summed E-state index contributed by atoms with van der Waals surface area (Å²) in [6.07, 6.45) is 9.02. The maximum atomic E-state index is 13.2. The number of nitrogens with zero attached hydrogens (tertiary/aromatic N) is 2. The van der Waals surface area contributed by atoms with Gasteiger partial charge in [-0.2, -0.15) is 0 Å². The van der Waals surface area contributed by atoms with Gasteiger partial charge in [0.25, 0.3) is 5.91 Å². The Kier molecular flexibility index (Phi) is 3.92. The smallest absolute Gasteiger partial charge is 0.257 e. The van der Waals surface area contributed by atoms with E-state index >= 15 is 0 Å². The second-order valence-corrected chi connectivity index (χ2v) is 7.70. The molecule has 1 atom stereocenters. The molecule has 0 saturated carbocycles. The van der Waals surface area contributed by atoms with Crippen LogP contribution in [0.3, 0.4) is 0 Å². The first-order valence-electron chi connectivity index (χ1n) is 8.51. The van der Waals surface area contributed by atoms with Crippen molar-refractivity contribution in [1.29, 1.82) is 0 Å².